The summed E-state index contributed by atoms with van der Waals surface area (Å²) in [5.41, 5.74) is 3.22. The highest BCUT2D eigenvalue weighted by Crippen LogP contribution is 2.47. The molecule has 204 valence electrons. The Bertz CT molecular complexity index is 930. The first kappa shape index (κ1) is 32.5. The second-order valence-electron chi connectivity index (χ2n) is 11.9. The Kier molecular flexibility index (Phi) is 11.5. The number of ether oxygens (including phenoxy) is 1. The Morgan fingerprint density at radius 1 is 0.667 bits per heavy atom. The number of benzene rings is 2. The van der Waals surface area contributed by atoms with E-state index < -0.39 is 14.0 Å². The lowest BCUT2D eigenvalue weighted by molar-refractivity contribution is -0.0262. The Labute approximate surface area is 217 Å². The first-order valence-electron chi connectivity index (χ1n) is 12.0. The molecule has 2 rings (SSSR count). The fourth-order valence-electron chi connectivity index (χ4n) is 4.28. The highest BCUT2D eigenvalue weighted by Gasteiger charge is 2.37. The molecule has 8 heteroatoms. The van der Waals surface area contributed by atoms with Crippen LogP contribution in [0, 0.1) is 5.41 Å². The summed E-state index contributed by atoms with van der Waals surface area (Å²) in [7, 11) is -2.62. The van der Waals surface area contributed by atoms with Crippen molar-refractivity contribution in [1.82, 2.24) is 0 Å². The van der Waals surface area contributed by atoms with Gasteiger partial charge in [-0.15, -0.1) is 0 Å². The zero-order valence-corrected chi connectivity index (χ0v) is 23.8. The van der Waals surface area contributed by atoms with Crippen molar-refractivity contribution in [3.8, 4) is 5.75 Å². The van der Waals surface area contributed by atoms with Gasteiger partial charge in [-0.1, -0.05) is 91.8 Å². The third-order valence-electron chi connectivity index (χ3n) is 6.38. The van der Waals surface area contributed by atoms with Crippen molar-refractivity contribution in [2.75, 3.05) is 26.4 Å². The van der Waals surface area contributed by atoms with Gasteiger partial charge in [-0.25, -0.2) is 0 Å². The van der Waals surface area contributed by atoms with Crippen LogP contribution in [0.2, 0.25) is 0 Å². The standard InChI is InChI=1S/C28H42O4.H3O3P/c1-25(2,3)23-21(27(7,8)20-12-10-9-11-13-20)14-15-22(24(23)26(4,5)6)32-19-28(16-29,17-30)18-31;1-4(2)3/h9-15,29-31H,16-19H2,1-8H3;1-3H. The molecule has 0 unspecified atom stereocenters. The van der Waals surface area contributed by atoms with Crippen molar-refractivity contribution in [2.45, 2.75) is 71.6 Å². The predicted molar refractivity (Wildman–Crippen MR) is 145 cm³/mol. The molecule has 0 aliphatic rings. The topological polar surface area (TPSA) is 131 Å². The molecule has 0 radical (unpaired) electrons. The van der Waals surface area contributed by atoms with Crippen LogP contribution in [0.1, 0.15) is 77.6 Å². The van der Waals surface area contributed by atoms with Crippen molar-refractivity contribution in [2.24, 2.45) is 5.41 Å². The first-order valence-corrected chi connectivity index (χ1v) is 13.2. The summed E-state index contributed by atoms with van der Waals surface area (Å²) in [5.74, 6) is 0.731. The lowest BCUT2D eigenvalue weighted by Gasteiger charge is -2.39. The SMILES string of the molecule is CC(C)(C)c1c(OCC(CO)(CO)CO)ccc(C(C)(C)c2ccccc2)c1C(C)(C)C.OP(O)O. The molecule has 0 aromatic heterocycles. The summed E-state index contributed by atoms with van der Waals surface area (Å²) in [6, 6.07) is 14.7. The van der Waals surface area contributed by atoms with E-state index in [2.05, 4.69) is 85.7 Å². The van der Waals surface area contributed by atoms with E-state index in [0.717, 1.165) is 11.3 Å². The van der Waals surface area contributed by atoms with E-state index in [1.54, 1.807) is 0 Å². The molecule has 0 heterocycles. The molecule has 0 bridgehead atoms. The van der Waals surface area contributed by atoms with E-state index in [9.17, 15) is 15.3 Å². The molecule has 0 spiro atoms. The van der Waals surface area contributed by atoms with Crippen LogP contribution >= 0.6 is 8.60 Å². The van der Waals surface area contributed by atoms with Crippen molar-refractivity contribution in [3.63, 3.8) is 0 Å². The largest absolute Gasteiger partial charge is 0.492 e. The molecule has 0 saturated carbocycles. The van der Waals surface area contributed by atoms with Gasteiger partial charge in [0.25, 0.3) is 0 Å². The zero-order chi connectivity index (χ0) is 27.9. The minimum Gasteiger partial charge on any atom is -0.492 e. The second-order valence-corrected chi connectivity index (χ2v) is 12.4. The fourth-order valence-corrected chi connectivity index (χ4v) is 4.28. The fraction of sp³-hybridized carbons (Fsp3) is 0.571. The lowest BCUT2D eigenvalue weighted by atomic mass is 9.66. The first-order chi connectivity index (χ1) is 16.5. The van der Waals surface area contributed by atoms with Crippen molar-refractivity contribution in [1.29, 1.82) is 0 Å². The number of aliphatic hydroxyl groups excluding tert-OH is 3. The maximum absolute atomic E-state index is 9.74. The van der Waals surface area contributed by atoms with E-state index in [1.807, 2.05) is 12.1 Å². The van der Waals surface area contributed by atoms with Gasteiger partial charge in [0.2, 0.25) is 0 Å². The third kappa shape index (κ3) is 8.22. The summed E-state index contributed by atoms with van der Waals surface area (Å²) in [4.78, 5) is 21.7. The van der Waals surface area contributed by atoms with E-state index >= 15 is 0 Å². The van der Waals surface area contributed by atoms with Gasteiger partial charge in [-0.3, -0.25) is 0 Å². The van der Waals surface area contributed by atoms with Crippen LogP contribution in [0.5, 0.6) is 5.75 Å². The van der Waals surface area contributed by atoms with E-state index in [-0.39, 0.29) is 42.7 Å². The Morgan fingerprint density at radius 3 is 1.50 bits per heavy atom. The minimum absolute atomic E-state index is 0.0323. The van der Waals surface area contributed by atoms with Gasteiger partial charge < -0.3 is 34.7 Å². The molecular weight excluding hydrogens is 479 g/mol. The number of hydrogen-bond donors (Lipinski definition) is 6. The van der Waals surface area contributed by atoms with E-state index in [1.165, 1.54) is 16.7 Å². The third-order valence-corrected chi connectivity index (χ3v) is 6.38. The second kappa shape index (κ2) is 12.8. The van der Waals surface area contributed by atoms with Crippen molar-refractivity contribution < 1.29 is 34.7 Å². The lowest BCUT2D eigenvalue weighted by Crippen LogP contribution is -2.40. The molecule has 2 aromatic rings. The molecule has 0 aliphatic heterocycles. The van der Waals surface area contributed by atoms with Crippen LogP contribution in [0.25, 0.3) is 0 Å². The van der Waals surface area contributed by atoms with Gasteiger partial charge in [0.15, 0.2) is 0 Å². The van der Waals surface area contributed by atoms with Gasteiger partial charge in [0.05, 0.1) is 25.2 Å². The van der Waals surface area contributed by atoms with Gasteiger partial charge >= 0.3 is 8.60 Å². The van der Waals surface area contributed by atoms with Gasteiger partial charge in [0.1, 0.15) is 12.4 Å². The Hall–Kier alpha value is -1.57. The molecular formula is C28H45O7P. The molecule has 36 heavy (non-hydrogen) atoms. The predicted octanol–water partition coefficient (Wildman–Crippen LogP) is 4.14. The van der Waals surface area contributed by atoms with Crippen LogP contribution in [0.4, 0.5) is 0 Å². The van der Waals surface area contributed by atoms with Crippen molar-refractivity contribution in [3.05, 3.63) is 64.7 Å². The van der Waals surface area contributed by atoms with Crippen LogP contribution in [-0.2, 0) is 16.2 Å². The molecule has 0 aliphatic carbocycles. The minimum atomic E-state index is -2.62. The maximum atomic E-state index is 9.74. The summed E-state index contributed by atoms with van der Waals surface area (Å²) >= 11 is 0. The van der Waals surface area contributed by atoms with Gasteiger partial charge in [-0.05, 0) is 33.6 Å². The van der Waals surface area contributed by atoms with E-state index in [4.69, 9.17) is 19.4 Å². The van der Waals surface area contributed by atoms with Crippen LogP contribution in [0.15, 0.2) is 42.5 Å². The molecule has 0 fully saturated rings. The summed E-state index contributed by atoms with van der Waals surface area (Å²) < 4.78 is 6.23. The summed E-state index contributed by atoms with van der Waals surface area (Å²) in [6.07, 6.45) is 0. The van der Waals surface area contributed by atoms with Crippen molar-refractivity contribution >= 4 is 8.60 Å². The van der Waals surface area contributed by atoms with Crippen LogP contribution in [-0.4, -0.2) is 56.4 Å². The average molecular weight is 525 g/mol. The quantitative estimate of drug-likeness (QED) is 0.286. The highest BCUT2D eigenvalue weighted by atomic mass is 31.2. The molecule has 6 N–H and O–H groups in total. The zero-order valence-electron chi connectivity index (χ0n) is 22.9. The van der Waals surface area contributed by atoms with E-state index in [0.29, 0.717) is 0 Å². The monoisotopic (exact) mass is 524 g/mol. The molecule has 0 atom stereocenters. The molecule has 2 aromatic carbocycles. The Balaban J connectivity index is 0.00000150. The Morgan fingerprint density at radius 2 is 1.11 bits per heavy atom. The van der Waals surface area contributed by atoms with Crippen LogP contribution in [0.3, 0.4) is 0 Å². The smallest absolute Gasteiger partial charge is 0.324 e. The molecule has 0 saturated heterocycles. The van der Waals surface area contributed by atoms with Gasteiger partial charge in [-0.2, -0.15) is 0 Å². The summed E-state index contributed by atoms with van der Waals surface area (Å²) in [5, 5.41) is 29.2. The number of hydrogen-bond acceptors (Lipinski definition) is 7. The molecule has 7 nitrogen and oxygen atoms in total. The van der Waals surface area contributed by atoms with Crippen LogP contribution < -0.4 is 4.74 Å². The maximum Gasteiger partial charge on any atom is 0.324 e. The highest BCUT2D eigenvalue weighted by molar-refractivity contribution is 7.38. The summed E-state index contributed by atoms with van der Waals surface area (Å²) in [6.45, 7) is 16.7. The number of rotatable bonds is 8. The van der Waals surface area contributed by atoms with Gasteiger partial charge in [0, 0.05) is 11.0 Å². The number of aliphatic hydroxyl groups is 3. The average Bonchev–Trinajstić information content (AvgIpc) is 2.78. The molecule has 0 amide bonds. The normalized spacial score (nSPS) is 12.9.